The van der Waals surface area contributed by atoms with E-state index in [1.54, 1.807) is 18.6 Å². The molecule has 1 fully saturated rings. The summed E-state index contributed by atoms with van der Waals surface area (Å²) in [6.07, 6.45) is 6.12. The van der Waals surface area contributed by atoms with Gasteiger partial charge in [0.2, 0.25) is 0 Å². The summed E-state index contributed by atoms with van der Waals surface area (Å²) < 4.78 is 6.18. The Morgan fingerprint density at radius 3 is 2.53 bits per heavy atom. The number of benzene rings is 1. The van der Waals surface area contributed by atoms with Gasteiger partial charge < -0.3 is 14.7 Å². The van der Waals surface area contributed by atoms with E-state index in [1.807, 2.05) is 45.0 Å². The number of nitriles is 1. The van der Waals surface area contributed by atoms with Crippen molar-refractivity contribution in [2.45, 2.75) is 45.3 Å². The lowest BCUT2D eigenvalue weighted by atomic mass is 9.83. The molecule has 1 aromatic carbocycles. The number of aromatic nitrogens is 4. The van der Waals surface area contributed by atoms with Crippen molar-refractivity contribution >= 4 is 39.9 Å². The van der Waals surface area contributed by atoms with E-state index in [4.69, 9.17) is 27.9 Å². The van der Waals surface area contributed by atoms with Gasteiger partial charge in [-0.3, -0.25) is 10.1 Å². The third-order valence-corrected chi connectivity index (χ3v) is 7.80. The number of hydrogen-bond acceptors (Lipinski definition) is 7. The van der Waals surface area contributed by atoms with Gasteiger partial charge in [0.1, 0.15) is 29.4 Å². The van der Waals surface area contributed by atoms with Crippen LogP contribution in [-0.2, 0) is 0 Å². The lowest BCUT2D eigenvalue weighted by Gasteiger charge is -2.38. The Kier molecular flexibility index (Phi) is 7.19. The molecule has 1 saturated heterocycles. The molecular weight excluding hydrogens is 523 g/mol. The van der Waals surface area contributed by atoms with Crippen molar-refractivity contribution in [3.8, 4) is 23.1 Å². The van der Waals surface area contributed by atoms with E-state index in [1.165, 1.54) is 0 Å². The van der Waals surface area contributed by atoms with E-state index in [0.717, 1.165) is 42.4 Å². The summed E-state index contributed by atoms with van der Waals surface area (Å²) in [5, 5.41) is 29.6. The highest BCUT2D eigenvalue weighted by atomic mass is 35.5. The maximum Gasteiger partial charge on any atom is 0.146 e. The molecule has 4 heterocycles. The number of pyridine rings is 2. The van der Waals surface area contributed by atoms with E-state index in [9.17, 15) is 10.4 Å². The fraction of sp³-hybridized carbons (Fsp3) is 0.357. The van der Waals surface area contributed by atoms with Crippen LogP contribution in [-0.4, -0.2) is 44.0 Å². The zero-order valence-electron chi connectivity index (χ0n) is 21.4. The summed E-state index contributed by atoms with van der Waals surface area (Å²) >= 11 is 12.6. The smallest absolute Gasteiger partial charge is 0.146 e. The maximum atomic E-state index is 10.4. The first-order valence-electron chi connectivity index (χ1n) is 12.5. The maximum absolute atomic E-state index is 10.4. The number of aromatic amines is 1. The minimum absolute atomic E-state index is 0.226. The van der Waals surface area contributed by atoms with Crippen molar-refractivity contribution in [2.75, 3.05) is 18.0 Å². The molecule has 0 aliphatic carbocycles. The zero-order chi connectivity index (χ0) is 27.0. The average molecular weight is 551 g/mol. The molecule has 1 aliphatic heterocycles. The highest BCUT2D eigenvalue weighted by molar-refractivity contribution is 6.35. The van der Waals surface area contributed by atoms with Crippen LogP contribution in [0.15, 0.2) is 42.9 Å². The van der Waals surface area contributed by atoms with Gasteiger partial charge in [0.25, 0.3) is 0 Å². The first-order chi connectivity index (χ1) is 18.2. The van der Waals surface area contributed by atoms with Crippen molar-refractivity contribution in [2.24, 2.45) is 5.92 Å². The number of rotatable bonds is 6. The molecule has 38 heavy (non-hydrogen) atoms. The molecule has 0 saturated carbocycles. The second kappa shape index (κ2) is 10.4. The molecule has 5 rings (SSSR count). The van der Waals surface area contributed by atoms with Crippen LogP contribution in [0.25, 0.3) is 22.2 Å². The lowest BCUT2D eigenvalue weighted by Crippen LogP contribution is -2.42. The topological polar surface area (TPSA) is 111 Å². The van der Waals surface area contributed by atoms with Gasteiger partial charge in [-0.1, -0.05) is 23.2 Å². The molecule has 2 N–H and O–H groups in total. The minimum atomic E-state index is -0.709. The first-order valence-corrected chi connectivity index (χ1v) is 13.2. The highest BCUT2D eigenvalue weighted by Crippen LogP contribution is 2.36. The van der Waals surface area contributed by atoms with Crippen molar-refractivity contribution in [1.82, 2.24) is 20.2 Å². The number of fused-ring (bicyclic) bond motifs is 1. The molecule has 0 spiro atoms. The van der Waals surface area contributed by atoms with Gasteiger partial charge in [-0.05, 0) is 63.8 Å². The summed E-state index contributed by atoms with van der Waals surface area (Å²) in [6, 6.07) is 9.77. The monoisotopic (exact) mass is 550 g/mol. The van der Waals surface area contributed by atoms with Crippen molar-refractivity contribution in [3.63, 3.8) is 0 Å². The quantitative estimate of drug-likeness (QED) is 0.288. The lowest BCUT2D eigenvalue weighted by molar-refractivity contribution is 0.00645. The number of nitrogens with zero attached hydrogens (tertiary/aromatic N) is 5. The third-order valence-electron chi connectivity index (χ3n) is 7.20. The van der Waals surface area contributed by atoms with Crippen LogP contribution in [0.1, 0.15) is 50.8 Å². The molecule has 196 valence electrons. The summed E-state index contributed by atoms with van der Waals surface area (Å²) in [6.45, 7) is 7.07. The van der Waals surface area contributed by atoms with Crippen LogP contribution in [0.5, 0.6) is 5.75 Å². The molecule has 0 radical (unpaired) electrons. The van der Waals surface area contributed by atoms with Gasteiger partial charge in [-0.2, -0.15) is 10.4 Å². The van der Waals surface area contributed by atoms with Gasteiger partial charge in [0.15, 0.2) is 0 Å². The van der Waals surface area contributed by atoms with Gasteiger partial charge >= 0.3 is 0 Å². The number of nitrogens with one attached hydrogen (secondary N) is 1. The summed E-state index contributed by atoms with van der Waals surface area (Å²) in [4.78, 5) is 10.8. The zero-order valence-corrected chi connectivity index (χ0v) is 22.9. The third kappa shape index (κ3) is 5.14. The Bertz CT molecular complexity index is 1500. The van der Waals surface area contributed by atoms with E-state index in [0.29, 0.717) is 38.4 Å². The molecule has 10 heteroatoms. The van der Waals surface area contributed by atoms with Gasteiger partial charge in [-0.25, -0.2) is 4.98 Å². The predicted molar refractivity (Wildman–Crippen MR) is 149 cm³/mol. The van der Waals surface area contributed by atoms with E-state index >= 15 is 0 Å². The van der Waals surface area contributed by atoms with Gasteiger partial charge in [0.05, 0.1) is 26.7 Å². The summed E-state index contributed by atoms with van der Waals surface area (Å²) in [5.74, 6) is 1.51. The Morgan fingerprint density at radius 1 is 1.16 bits per heavy atom. The molecule has 1 unspecified atom stereocenters. The van der Waals surface area contributed by atoms with E-state index in [2.05, 4.69) is 31.1 Å². The number of hydrogen-bond donors (Lipinski definition) is 2. The van der Waals surface area contributed by atoms with Gasteiger partial charge in [-0.15, -0.1) is 0 Å². The molecule has 0 bridgehead atoms. The average Bonchev–Trinajstić information content (AvgIpc) is 3.31. The van der Waals surface area contributed by atoms with Crippen LogP contribution >= 0.6 is 23.2 Å². The van der Waals surface area contributed by atoms with Crippen LogP contribution in [0, 0.1) is 17.2 Å². The fourth-order valence-electron chi connectivity index (χ4n) is 5.08. The largest absolute Gasteiger partial charge is 0.486 e. The van der Waals surface area contributed by atoms with E-state index < -0.39 is 11.7 Å². The van der Waals surface area contributed by atoms with Crippen LogP contribution in [0.2, 0.25) is 10.0 Å². The van der Waals surface area contributed by atoms with Crippen LogP contribution < -0.4 is 9.64 Å². The summed E-state index contributed by atoms with van der Waals surface area (Å²) in [7, 11) is 0. The SMILES string of the molecule is CC(Oc1ccc2[nH]nc(-c3cnc(N4CCC(C(C)(C)O)CC4)c(C#N)c3)c2c1)c1c(Cl)cncc1Cl. The summed E-state index contributed by atoms with van der Waals surface area (Å²) in [5.41, 5.74) is 2.68. The highest BCUT2D eigenvalue weighted by Gasteiger charge is 2.31. The standard InChI is InChI=1S/C28H28Cl2N6O2/c1-16(25-22(29)14-32-15-23(25)30)38-20-4-5-24-21(11-20)26(35-34-24)18-10-17(12-31)27(33-13-18)36-8-6-19(7-9-36)28(2,3)37/h4-5,10-11,13-16,19,37H,6-9H2,1-3H3,(H,34,35). The molecule has 8 nitrogen and oxygen atoms in total. The van der Waals surface area contributed by atoms with E-state index in [-0.39, 0.29) is 5.92 Å². The molecule has 1 aliphatic rings. The number of piperidine rings is 1. The van der Waals surface area contributed by atoms with Crippen LogP contribution in [0.3, 0.4) is 0 Å². The molecule has 1 atom stereocenters. The fourth-order valence-corrected chi connectivity index (χ4v) is 5.75. The Morgan fingerprint density at radius 2 is 1.87 bits per heavy atom. The van der Waals surface area contributed by atoms with Crippen molar-refractivity contribution < 1.29 is 9.84 Å². The second-order valence-corrected chi connectivity index (χ2v) is 11.0. The number of ether oxygens (including phenoxy) is 1. The molecule has 4 aromatic rings. The van der Waals surface area contributed by atoms with Crippen molar-refractivity contribution in [3.05, 3.63) is 64.0 Å². The van der Waals surface area contributed by atoms with Gasteiger partial charge in [0, 0.05) is 48.2 Å². The molecule has 0 amide bonds. The number of H-pyrrole nitrogens is 1. The molecular formula is C28H28Cl2N6O2. The Hall–Kier alpha value is -3.38. The number of anilines is 1. The molecule has 3 aromatic heterocycles. The Labute approximate surface area is 231 Å². The van der Waals surface area contributed by atoms with Crippen LogP contribution in [0.4, 0.5) is 5.82 Å². The second-order valence-electron chi connectivity index (χ2n) is 10.2. The van der Waals surface area contributed by atoms with Crippen molar-refractivity contribution in [1.29, 1.82) is 5.26 Å². The number of halogens is 2. The minimum Gasteiger partial charge on any atom is -0.486 e. The normalized spacial score (nSPS) is 15.4. The number of aliphatic hydroxyl groups is 1. The first kappa shape index (κ1) is 26.2. The Balaban J connectivity index is 1.41. The predicted octanol–water partition coefficient (Wildman–Crippen LogP) is 6.33.